The first-order chi connectivity index (χ1) is 9.88. The molecule has 2 rings (SSSR count). The van der Waals surface area contributed by atoms with Crippen LogP contribution >= 0.6 is 27.5 Å². The predicted molar refractivity (Wildman–Crippen MR) is 84.5 cm³/mol. The minimum Gasteiger partial charge on any atom is -0.478 e. The lowest BCUT2D eigenvalue weighted by Gasteiger charge is -2.18. The highest BCUT2D eigenvalue weighted by Crippen LogP contribution is 2.29. The lowest BCUT2D eigenvalue weighted by Crippen LogP contribution is -2.09. The fourth-order valence-corrected chi connectivity index (χ4v) is 2.77. The van der Waals surface area contributed by atoms with Gasteiger partial charge in [0.1, 0.15) is 5.82 Å². The molecule has 0 heterocycles. The average Bonchev–Trinajstić information content (AvgIpc) is 2.40. The van der Waals surface area contributed by atoms with Gasteiger partial charge in [-0.3, -0.25) is 0 Å². The van der Waals surface area contributed by atoms with Crippen molar-refractivity contribution < 1.29 is 14.3 Å². The number of halogens is 3. The Bertz CT molecular complexity index is 693. The van der Waals surface area contributed by atoms with E-state index < -0.39 is 11.8 Å². The highest BCUT2D eigenvalue weighted by atomic mass is 79.9. The van der Waals surface area contributed by atoms with E-state index in [0.717, 1.165) is 16.1 Å². The van der Waals surface area contributed by atoms with Crippen molar-refractivity contribution in [1.82, 2.24) is 0 Å². The molecule has 1 unspecified atom stereocenters. The molecule has 0 fully saturated rings. The van der Waals surface area contributed by atoms with E-state index in [9.17, 15) is 9.18 Å². The fraction of sp³-hybridized carbons (Fsp3) is 0.133. The van der Waals surface area contributed by atoms with Gasteiger partial charge in [-0.05, 0) is 42.8 Å². The summed E-state index contributed by atoms with van der Waals surface area (Å²) in [6.45, 7) is 1.82. The molecule has 3 nitrogen and oxygen atoms in total. The Morgan fingerprint density at radius 1 is 1.33 bits per heavy atom. The Labute approximate surface area is 134 Å². The lowest BCUT2D eigenvalue weighted by atomic mass is 10.1. The van der Waals surface area contributed by atoms with Gasteiger partial charge in [-0.25, -0.2) is 9.18 Å². The molecule has 0 saturated heterocycles. The molecular weight excluding hydrogens is 361 g/mol. The van der Waals surface area contributed by atoms with Gasteiger partial charge in [-0.1, -0.05) is 33.6 Å². The largest absolute Gasteiger partial charge is 0.478 e. The van der Waals surface area contributed by atoms with Crippen molar-refractivity contribution in [1.29, 1.82) is 0 Å². The third-order valence-electron chi connectivity index (χ3n) is 3.01. The van der Waals surface area contributed by atoms with E-state index >= 15 is 0 Å². The first kappa shape index (κ1) is 15.8. The van der Waals surface area contributed by atoms with Gasteiger partial charge in [0.2, 0.25) is 0 Å². The normalized spacial score (nSPS) is 12.0. The summed E-state index contributed by atoms with van der Waals surface area (Å²) in [5.41, 5.74) is 0.939. The predicted octanol–water partition coefficient (Wildman–Crippen LogP) is 5.11. The third-order valence-corrected chi connectivity index (χ3v) is 3.83. The van der Waals surface area contributed by atoms with Crippen LogP contribution in [0.4, 0.5) is 10.1 Å². The number of nitrogens with one attached hydrogen (secondary N) is 1. The number of carboxylic acid groups (broad SMARTS) is 1. The third kappa shape index (κ3) is 3.74. The van der Waals surface area contributed by atoms with E-state index in [0.29, 0.717) is 5.02 Å². The maximum atomic E-state index is 13.8. The number of carboxylic acids is 1. The van der Waals surface area contributed by atoms with Crippen molar-refractivity contribution in [2.45, 2.75) is 13.0 Å². The molecule has 0 aliphatic heterocycles. The molecule has 1 atom stereocenters. The van der Waals surface area contributed by atoms with Crippen molar-refractivity contribution in [2.75, 3.05) is 5.32 Å². The molecule has 0 bridgehead atoms. The van der Waals surface area contributed by atoms with Crippen molar-refractivity contribution in [3.8, 4) is 0 Å². The molecule has 0 radical (unpaired) electrons. The summed E-state index contributed by atoms with van der Waals surface area (Å²) in [6.07, 6.45) is 0. The van der Waals surface area contributed by atoms with Crippen molar-refractivity contribution in [3.05, 3.63) is 62.8 Å². The standard InChI is InChI=1S/C15H12BrClFNO2/c1-8(11-4-3-10(16)7-12(11)17)19-14-6-9(15(20)21)2-5-13(14)18/h2-8,19H,1H3,(H,20,21). The zero-order chi connectivity index (χ0) is 15.6. The highest BCUT2D eigenvalue weighted by molar-refractivity contribution is 9.10. The molecule has 0 aliphatic carbocycles. The molecule has 0 amide bonds. The Kier molecular flexibility index (Phi) is 4.85. The number of aromatic carboxylic acids is 1. The Morgan fingerprint density at radius 2 is 2.05 bits per heavy atom. The summed E-state index contributed by atoms with van der Waals surface area (Å²) in [5.74, 6) is -1.62. The van der Waals surface area contributed by atoms with Gasteiger partial charge in [0, 0.05) is 9.50 Å². The van der Waals surface area contributed by atoms with Crippen LogP contribution < -0.4 is 5.32 Å². The summed E-state index contributed by atoms with van der Waals surface area (Å²) in [5, 5.41) is 12.4. The number of rotatable bonds is 4. The van der Waals surface area contributed by atoms with Gasteiger partial charge >= 0.3 is 5.97 Å². The molecule has 2 aromatic carbocycles. The van der Waals surface area contributed by atoms with E-state index in [1.165, 1.54) is 12.1 Å². The Hall–Kier alpha value is -1.59. The highest BCUT2D eigenvalue weighted by Gasteiger charge is 2.14. The molecule has 0 aromatic heterocycles. The van der Waals surface area contributed by atoms with Crippen LogP contribution in [0.3, 0.4) is 0 Å². The van der Waals surface area contributed by atoms with Crippen LogP contribution in [-0.4, -0.2) is 11.1 Å². The van der Waals surface area contributed by atoms with E-state index in [1.807, 2.05) is 19.1 Å². The monoisotopic (exact) mass is 371 g/mol. The van der Waals surface area contributed by atoms with Crippen LogP contribution in [0.2, 0.25) is 5.02 Å². The number of benzene rings is 2. The summed E-state index contributed by atoms with van der Waals surface area (Å²) in [4.78, 5) is 10.9. The summed E-state index contributed by atoms with van der Waals surface area (Å²) in [6, 6.07) is 8.75. The van der Waals surface area contributed by atoms with Gasteiger partial charge < -0.3 is 10.4 Å². The Morgan fingerprint density at radius 3 is 2.67 bits per heavy atom. The smallest absolute Gasteiger partial charge is 0.335 e. The zero-order valence-electron chi connectivity index (χ0n) is 11.0. The summed E-state index contributed by atoms with van der Waals surface area (Å²) < 4.78 is 14.6. The minimum absolute atomic E-state index is 0.0213. The van der Waals surface area contributed by atoms with Crippen molar-refractivity contribution in [2.24, 2.45) is 0 Å². The maximum absolute atomic E-state index is 13.8. The van der Waals surface area contributed by atoms with Crippen molar-refractivity contribution >= 4 is 39.2 Å². The second-order valence-corrected chi connectivity index (χ2v) is 5.85. The van der Waals surface area contributed by atoms with Crippen LogP contribution in [0, 0.1) is 5.82 Å². The molecular formula is C15H12BrClFNO2. The number of hydrogen-bond acceptors (Lipinski definition) is 2. The zero-order valence-corrected chi connectivity index (χ0v) is 13.4. The summed E-state index contributed by atoms with van der Waals surface area (Å²) >= 11 is 9.47. The second-order valence-electron chi connectivity index (χ2n) is 4.53. The first-order valence-electron chi connectivity index (χ1n) is 6.13. The molecule has 0 aliphatic rings. The lowest BCUT2D eigenvalue weighted by molar-refractivity contribution is 0.0697. The molecule has 0 spiro atoms. The van der Waals surface area contributed by atoms with Crippen LogP contribution in [-0.2, 0) is 0 Å². The van der Waals surface area contributed by atoms with Crippen molar-refractivity contribution in [3.63, 3.8) is 0 Å². The molecule has 21 heavy (non-hydrogen) atoms. The fourth-order valence-electron chi connectivity index (χ4n) is 1.93. The van der Waals surface area contributed by atoms with Crippen LogP contribution in [0.1, 0.15) is 28.9 Å². The summed E-state index contributed by atoms with van der Waals surface area (Å²) in [7, 11) is 0. The topological polar surface area (TPSA) is 49.3 Å². The van der Waals surface area contributed by atoms with E-state index in [-0.39, 0.29) is 17.3 Å². The van der Waals surface area contributed by atoms with Gasteiger partial charge in [0.25, 0.3) is 0 Å². The quantitative estimate of drug-likeness (QED) is 0.784. The minimum atomic E-state index is -1.10. The van der Waals surface area contributed by atoms with Gasteiger partial charge in [-0.15, -0.1) is 0 Å². The molecule has 2 N–H and O–H groups in total. The number of hydrogen-bond donors (Lipinski definition) is 2. The Balaban J connectivity index is 2.28. The maximum Gasteiger partial charge on any atom is 0.335 e. The van der Waals surface area contributed by atoms with Gasteiger partial charge in [0.15, 0.2) is 0 Å². The molecule has 6 heteroatoms. The van der Waals surface area contributed by atoms with Gasteiger partial charge in [-0.2, -0.15) is 0 Å². The van der Waals surface area contributed by atoms with E-state index in [1.54, 1.807) is 6.07 Å². The second kappa shape index (κ2) is 6.45. The molecule has 2 aromatic rings. The van der Waals surface area contributed by atoms with Crippen LogP contribution in [0.25, 0.3) is 0 Å². The first-order valence-corrected chi connectivity index (χ1v) is 7.30. The van der Waals surface area contributed by atoms with Crippen LogP contribution in [0.5, 0.6) is 0 Å². The average molecular weight is 373 g/mol. The number of anilines is 1. The SMILES string of the molecule is CC(Nc1cc(C(=O)O)ccc1F)c1ccc(Br)cc1Cl. The van der Waals surface area contributed by atoms with E-state index in [2.05, 4.69) is 21.2 Å². The van der Waals surface area contributed by atoms with Gasteiger partial charge in [0.05, 0.1) is 17.3 Å². The van der Waals surface area contributed by atoms with Crippen LogP contribution in [0.15, 0.2) is 40.9 Å². The number of carbonyl (C=O) groups is 1. The molecule has 110 valence electrons. The van der Waals surface area contributed by atoms with E-state index in [4.69, 9.17) is 16.7 Å². The molecule has 0 saturated carbocycles.